The number of nitrogens with two attached hydrogens (primary N) is 1. The van der Waals surface area contributed by atoms with Crippen molar-refractivity contribution in [2.45, 2.75) is 26.8 Å². The van der Waals surface area contributed by atoms with E-state index in [1.807, 2.05) is 25.7 Å². The second-order valence-electron chi connectivity index (χ2n) is 3.79. The first kappa shape index (κ1) is 12.3. The molecule has 0 radical (unpaired) electrons. The zero-order valence-electron chi connectivity index (χ0n) is 9.77. The Morgan fingerprint density at radius 1 is 1.56 bits per heavy atom. The molecule has 1 aromatic heterocycles. The molecular formula is C11H17N3O2. The van der Waals surface area contributed by atoms with E-state index in [9.17, 15) is 4.79 Å². The van der Waals surface area contributed by atoms with E-state index in [1.165, 1.54) is 6.07 Å². The minimum atomic E-state index is -1.04. The molecule has 16 heavy (non-hydrogen) atoms. The van der Waals surface area contributed by atoms with Crippen LogP contribution in [0.5, 0.6) is 0 Å². The van der Waals surface area contributed by atoms with Crippen molar-refractivity contribution in [3.8, 4) is 0 Å². The van der Waals surface area contributed by atoms with E-state index in [4.69, 9.17) is 10.8 Å². The zero-order valence-corrected chi connectivity index (χ0v) is 9.77. The first-order chi connectivity index (χ1) is 7.47. The van der Waals surface area contributed by atoms with Crippen LogP contribution in [0, 0.1) is 0 Å². The van der Waals surface area contributed by atoms with E-state index in [0.717, 1.165) is 6.54 Å². The maximum Gasteiger partial charge on any atom is 0.354 e. The van der Waals surface area contributed by atoms with Crippen molar-refractivity contribution in [1.29, 1.82) is 0 Å². The summed E-state index contributed by atoms with van der Waals surface area (Å²) in [6, 6.07) is 3.22. The monoisotopic (exact) mass is 223 g/mol. The first-order valence-corrected chi connectivity index (χ1v) is 5.23. The molecule has 0 aliphatic heterocycles. The average molecular weight is 223 g/mol. The minimum absolute atomic E-state index is 0.0169. The molecule has 0 fully saturated rings. The molecule has 0 aliphatic carbocycles. The van der Waals surface area contributed by atoms with Crippen LogP contribution >= 0.6 is 0 Å². The smallest absolute Gasteiger partial charge is 0.354 e. The number of hydrogen-bond acceptors (Lipinski definition) is 4. The molecule has 0 saturated carbocycles. The summed E-state index contributed by atoms with van der Waals surface area (Å²) in [6.45, 7) is 6.74. The molecular weight excluding hydrogens is 206 g/mol. The van der Waals surface area contributed by atoms with Gasteiger partial charge in [0.05, 0.1) is 5.69 Å². The number of pyridine rings is 1. The highest BCUT2D eigenvalue weighted by molar-refractivity contribution is 5.87. The van der Waals surface area contributed by atoms with Gasteiger partial charge in [-0.05, 0) is 32.9 Å². The van der Waals surface area contributed by atoms with Crippen molar-refractivity contribution in [2.24, 2.45) is 0 Å². The van der Waals surface area contributed by atoms with E-state index in [2.05, 4.69) is 4.98 Å². The van der Waals surface area contributed by atoms with Gasteiger partial charge in [-0.3, -0.25) is 0 Å². The molecule has 1 aromatic rings. The first-order valence-electron chi connectivity index (χ1n) is 5.23. The number of nitrogen functional groups attached to an aromatic ring is 1. The topological polar surface area (TPSA) is 79.5 Å². The molecule has 0 atom stereocenters. The van der Waals surface area contributed by atoms with Crippen LogP contribution in [-0.2, 0) is 0 Å². The van der Waals surface area contributed by atoms with Crippen LogP contribution in [0.25, 0.3) is 0 Å². The van der Waals surface area contributed by atoms with Gasteiger partial charge < -0.3 is 15.7 Å². The van der Waals surface area contributed by atoms with E-state index in [-0.39, 0.29) is 11.7 Å². The minimum Gasteiger partial charge on any atom is -0.477 e. The summed E-state index contributed by atoms with van der Waals surface area (Å²) in [5.74, 6) is -0.501. The lowest BCUT2D eigenvalue weighted by atomic mass is 10.2. The predicted molar refractivity (Wildman–Crippen MR) is 63.8 cm³/mol. The van der Waals surface area contributed by atoms with Gasteiger partial charge in [-0.1, -0.05) is 0 Å². The zero-order chi connectivity index (χ0) is 12.3. The Morgan fingerprint density at radius 3 is 2.62 bits per heavy atom. The third kappa shape index (κ3) is 2.42. The fourth-order valence-electron chi connectivity index (χ4n) is 1.57. The average Bonchev–Trinajstić information content (AvgIpc) is 2.20. The molecule has 5 heteroatoms. The summed E-state index contributed by atoms with van der Waals surface area (Å²) in [6.07, 6.45) is 0. The molecule has 0 unspecified atom stereocenters. The van der Waals surface area contributed by atoms with Crippen molar-refractivity contribution in [2.75, 3.05) is 17.2 Å². The largest absolute Gasteiger partial charge is 0.477 e. The lowest BCUT2D eigenvalue weighted by molar-refractivity contribution is 0.0690. The highest BCUT2D eigenvalue weighted by Gasteiger charge is 2.15. The number of carboxylic acids is 1. The van der Waals surface area contributed by atoms with Crippen LogP contribution in [0.4, 0.5) is 11.5 Å². The van der Waals surface area contributed by atoms with Crippen LogP contribution in [-0.4, -0.2) is 28.6 Å². The molecule has 0 spiro atoms. The standard InChI is InChI=1S/C11H17N3O2/c1-4-14(7(2)3)10-8(12)5-6-9(13-10)11(15)16/h5-7H,4,12H2,1-3H3,(H,15,16). The summed E-state index contributed by atoms with van der Waals surface area (Å²) in [7, 11) is 0. The van der Waals surface area contributed by atoms with Crippen LogP contribution in [0.15, 0.2) is 12.1 Å². The summed E-state index contributed by atoms with van der Waals surface area (Å²) >= 11 is 0. The van der Waals surface area contributed by atoms with Gasteiger partial charge in [0.15, 0.2) is 11.5 Å². The highest BCUT2D eigenvalue weighted by atomic mass is 16.4. The Bertz CT molecular complexity index is 391. The quantitative estimate of drug-likeness (QED) is 0.810. The molecule has 0 bridgehead atoms. The number of aromatic carboxylic acids is 1. The van der Waals surface area contributed by atoms with Crippen molar-refractivity contribution < 1.29 is 9.90 Å². The summed E-state index contributed by atoms with van der Waals surface area (Å²) in [5.41, 5.74) is 6.32. The number of rotatable bonds is 4. The number of anilines is 2. The number of nitrogens with zero attached hydrogens (tertiary/aromatic N) is 2. The van der Waals surface area contributed by atoms with E-state index in [1.54, 1.807) is 6.07 Å². The fraction of sp³-hybridized carbons (Fsp3) is 0.455. The summed E-state index contributed by atoms with van der Waals surface area (Å²) < 4.78 is 0. The lowest BCUT2D eigenvalue weighted by Crippen LogP contribution is -2.32. The Kier molecular flexibility index (Phi) is 3.71. The third-order valence-electron chi connectivity index (χ3n) is 2.36. The van der Waals surface area contributed by atoms with Gasteiger partial charge in [0.25, 0.3) is 0 Å². The van der Waals surface area contributed by atoms with Gasteiger partial charge >= 0.3 is 5.97 Å². The molecule has 88 valence electrons. The Morgan fingerprint density at radius 2 is 2.19 bits per heavy atom. The van der Waals surface area contributed by atoms with Gasteiger partial charge in [-0.25, -0.2) is 9.78 Å². The van der Waals surface area contributed by atoms with Gasteiger partial charge in [0.2, 0.25) is 0 Å². The SMILES string of the molecule is CCN(c1nc(C(=O)O)ccc1N)C(C)C. The lowest BCUT2D eigenvalue weighted by Gasteiger charge is -2.27. The van der Waals surface area contributed by atoms with E-state index < -0.39 is 5.97 Å². The van der Waals surface area contributed by atoms with Crippen LogP contribution in [0.2, 0.25) is 0 Å². The summed E-state index contributed by atoms with van der Waals surface area (Å²) in [5, 5.41) is 8.87. The van der Waals surface area contributed by atoms with Crippen LogP contribution < -0.4 is 10.6 Å². The molecule has 3 N–H and O–H groups in total. The van der Waals surface area contributed by atoms with E-state index in [0.29, 0.717) is 11.5 Å². The van der Waals surface area contributed by atoms with Crippen molar-refractivity contribution in [3.63, 3.8) is 0 Å². The number of aromatic nitrogens is 1. The maximum atomic E-state index is 10.8. The predicted octanol–water partition coefficient (Wildman–Crippen LogP) is 1.60. The van der Waals surface area contributed by atoms with Crippen molar-refractivity contribution in [1.82, 2.24) is 4.98 Å². The fourth-order valence-corrected chi connectivity index (χ4v) is 1.57. The number of hydrogen-bond donors (Lipinski definition) is 2. The van der Waals surface area contributed by atoms with Crippen LogP contribution in [0.3, 0.4) is 0 Å². The number of carbonyl (C=O) groups is 1. The van der Waals surface area contributed by atoms with Gasteiger partial charge in [0, 0.05) is 12.6 Å². The van der Waals surface area contributed by atoms with Gasteiger partial charge in [0.1, 0.15) is 0 Å². The Hall–Kier alpha value is -1.78. The molecule has 0 aromatic carbocycles. The summed E-state index contributed by atoms with van der Waals surface area (Å²) in [4.78, 5) is 16.8. The molecule has 0 saturated heterocycles. The Balaban J connectivity index is 3.19. The van der Waals surface area contributed by atoms with Crippen LogP contribution in [0.1, 0.15) is 31.3 Å². The molecule has 0 amide bonds. The van der Waals surface area contributed by atoms with Gasteiger partial charge in [-0.2, -0.15) is 0 Å². The molecule has 1 heterocycles. The van der Waals surface area contributed by atoms with Crippen molar-refractivity contribution in [3.05, 3.63) is 17.8 Å². The normalized spacial score (nSPS) is 10.5. The second kappa shape index (κ2) is 4.83. The Labute approximate surface area is 94.9 Å². The molecule has 5 nitrogen and oxygen atoms in total. The third-order valence-corrected chi connectivity index (χ3v) is 2.36. The molecule has 0 aliphatic rings. The highest BCUT2D eigenvalue weighted by Crippen LogP contribution is 2.22. The number of carboxylic acid groups (broad SMARTS) is 1. The van der Waals surface area contributed by atoms with Gasteiger partial charge in [-0.15, -0.1) is 0 Å². The molecule has 1 rings (SSSR count). The van der Waals surface area contributed by atoms with Crippen molar-refractivity contribution >= 4 is 17.5 Å². The second-order valence-corrected chi connectivity index (χ2v) is 3.79. The maximum absolute atomic E-state index is 10.8. The van der Waals surface area contributed by atoms with E-state index >= 15 is 0 Å².